The van der Waals surface area contributed by atoms with Gasteiger partial charge in [0.2, 0.25) is 0 Å². The molecule has 1 aromatic heterocycles. The van der Waals surface area contributed by atoms with Gasteiger partial charge in [0.05, 0.1) is 12.8 Å². The molecule has 5 heteroatoms. The molecule has 0 aliphatic carbocycles. The maximum absolute atomic E-state index is 5.94. The second-order valence-corrected chi connectivity index (χ2v) is 7.08. The lowest BCUT2D eigenvalue weighted by molar-refractivity contribution is 0.0322. The Morgan fingerprint density at radius 1 is 1.29 bits per heavy atom. The first-order valence-electron chi connectivity index (χ1n) is 8.82. The van der Waals surface area contributed by atoms with E-state index in [2.05, 4.69) is 34.8 Å². The van der Waals surface area contributed by atoms with Crippen LogP contribution in [0.1, 0.15) is 24.5 Å². The standard InChI is InChI=1S/C19H26N4O/c1-22-19(17-12-23-8-7-14(17)9-15(23)11-20)10-18(21-22)13-3-5-16(24-2)6-4-13/h3-6,10,14-15,17H,7-9,11-12,20H2,1-2H3. The average Bonchev–Trinajstić information content (AvgIpc) is 3.03. The van der Waals surface area contributed by atoms with Gasteiger partial charge in [-0.1, -0.05) is 0 Å². The van der Waals surface area contributed by atoms with Crippen molar-refractivity contribution in [3.8, 4) is 17.0 Å². The number of hydrogen-bond donors (Lipinski definition) is 1. The Morgan fingerprint density at radius 3 is 2.71 bits per heavy atom. The van der Waals surface area contributed by atoms with Gasteiger partial charge in [-0.25, -0.2) is 0 Å². The van der Waals surface area contributed by atoms with Gasteiger partial charge in [-0.15, -0.1) is 0 Å². The summed E-state index contributed by atoms with van der Waals surface area (Å²) in [5, 5.41) is 4.77. The van der Waals surface area contributed by atoms with Gasteiger partial charge in [-0.3, -0.25) is 9.58 Å². The molecule has 1 aromatic carbocycles. The Hall–Kier alpha value is -1.85. The van der Waals surface area contributed by atoms with E-state index in [4.69, 9.17) is 15.6 Å². The van der Waals surface area contributed by atoms with Gasteiger partial charge in [0.25, 0.3) is 0 Å². The third-order valence-corrected chi connectivity index (χ3v) is 5.83. The Morgan fingerprint density at radius 2 is 2.08 bits per heavy atom. The predicted octanol–water partition coefficient (Wildman–Crippen LogP) is 2.23. The van der Waals surface area contributed by atoms with Crippen molar-refractivity contribution >= 4 is 0 Å². The number of hydrogen-bond acceptors (Lipinski definition) is 4. The monoisotopic (exact) mass is 326 g/mol. The summed E-state index contributed by atoms with van der Waals surface area (Å²) in [6.07, 6.45) is 2.51. The van der Waals surface area contributed by atoms with Gasteiger partial charge in [-0.05, 0) is 55.6 Å². The van der Waals surface area contributed by atoms with Gasteiger partial charge < -0.3 is 10.5 Å². The first-order valence-corrected chi connectivity index (χ1v) is 8.82. The third-order valence-electron chi connectivity index (χ3n) is 5.83. The Balaban J connectivity index is 1.60. The number of nitrogens with two attached hydrogens (primary N) is 1. The van der Waals surface area contributed by atoms with Crippen molar-refractivity contribution in [3.05, 3.63) is 36.0 Å². The summed E-state index contributed by atoms with van der Waals surface area (Å²) in [5.41, 5.74) is 9.47. The minimum Gasteiger partial charge on any atom is -0.497 e. The lowest BCUT2D eigenvalue weighted by atomic mass is 9.74. The molecule has 0 amide bonds. The van der Waals surface area contributed by atoms with Crippen LogP contribution in [0.15, 0.2) is 30.3 Å². The van der Waals surface area contributed by atoms with Gasteiger partial charge in [-0.2, -0.15) is 5.10 Å². The number of benzene rings is 1. The molecule has 128 valence electrons. The van der Waals surface area contributed by atoms with Gasteiger partial charge >= 0.3 is 0 Å². The Labute approximate surface area is 143 Å². The van der Waals surface area contributed by atoms with Crippen molar-refractivity contribution in [1.29, 1.82) is 0 Å². The van der Waals surface area contributed by atoms with Crippen LogP contribution in [-0.4, -0.2) is 47.5 Å². The van der Waals surface area contributed by atoms with Crippen LogP contribution in [0.4, 0.5) is 0 Å². The minimum absolute atomic E-state index is 0.575. The molecule has 4 unspecified atom stereocenters. The third kappa shape index (κ3) is 2.62. The number of rotatable bonds is 4. The van der Waals surface area contributed by atoms with E-state index in [0.29, 0.717) is 12.0 Å². The van der Waals surface area contributed by atoms with E-state index in [-0.39, 0.29) is 0 Å². The quantitative estimate of drug-likeness (QED) is 0.936. The van der Waals surface area contributed by atoms with Crippen LogP contribution in [0, 0.1) is 5.92 Å². The summed E-state index contributed by atoms with van der Waals surface area (Å²) in [5.74, 6) is 2.19. The first-order chi connectivity index (χ1) is 11.7. The highest BCUT2D eigenvalue weighted by Crippen LogP contribution is 2.42. The lowest BCUT2D eigenvalue weighted by Crippen LogP contribution is -2.55. The fourth-order valence-corrected chi connectivity index (χ4v) is 4.45. The molecule has 2 N–H and O–H groups in total. The van der Waals surface area contributed by atoms with Crippen molar-refractivity contribution in [1.82, 2.24) is 14.7 Å². The Bertz CT molecular complexity index is 709. The van der Waals surface area contributed by atoms with Gasteiger partial charge in [0.15, 0.2) is 0 Å². The number of aryl methyl sites for hydroxylation is 1. The highest BCUT2D eigenvalue weighted by molar-refractivity contribution is 5.60. The zero-order chi connectivity index (χ0) is 16.7. The highest BCUT2D eigenvalue weighted by Gasteiger charge is 2.41. The first kappa shape index (κ1) is 15.7. The van der Waals surface area contributed by atoms with Crippen LogP contribution in [0.5, 0.6) is 5.75 Å². The average molecular weight is 326 g/mol. The molecule has 5 nitrogen and oxygen atoms in total. The molecular weight excluding hydrogens is 300 g/mol. The largest absolute Gasteiger partial charge is 0.497 e. The van der Waals surface area contributed by atoms with Gasteiger partial charge in [0, 0.05) is 43.4 Å². The van der Waals surface area contributed by atoms with Crippen molar-refractivity contribution in [2.24, 2.45) is 18.7 Å². The lowest BCUT2D eigenvalue weighted by Gasteiger charge is -2.49. The summed E-state index contributed by atoms with van der Waals surface area (Å²) in [6, 6.07) is 11.0. The van der Waals surface area contributed by atoms with E-state index >= 15 is 0 Å². The SMILES string of the molecule is COc1ccc(-c2cc(C3CN4CCC3CC4CN)n(C)n2)cc1. The molecule has 0 radical (unpaired) electrons. The fourth-order valence-electron chi connectivity index (χ4n) is 4.45. The molecule has 3 aliphatic rings. The van der Waals surface area contributed by atoms with E-state index in [1.807, 2.05) is 12.1 Å². The van der Waals surface area contributed by atoms with Crippen molar-refractivity contribution in [2.75, 3.05) is 26.7 Å². The summed E-state index contributed by atoms with van der Waals surface area (Å²) < 4.78 is 7.31. The summed E-state index contributed by atoms with van der Waals surface area (Å²) in [6.45, 7) is 3.10. The van der Waals surface area contributed by atoms with E-state index < -0.39 is 0 Å². The maximum Gasteiger partial charge on any atom is 0.118 e. The second kappa shape index (κ2) is 6.22. The smallest absolute Gasteiger partial charge is 0.118 e. The summed E-state index contributed by atoms with van der Waals surface area (Å²) in [7, 11) is 3.76. The van der Waals surface area contributed by atoms with Crippen molar-refractivity contribution < 1.29 is 4.74 Å². The molecule has 4 heterocycles. The molecule has 2 bridgehead atoms. The summed E-state index contributed by atoms with van der Waals surface area (Å²) in [4.78, 5) is 2.57. The molecular formula is C19H26N4O. The fraction of sp³-hybridized carbons (Fsp3) is 0.526. The van der Waals surface area contributed by atoms with Crippen LogP contribution < -0.4 is 10.5 Å². The topological polar surface area (TPSA) is 56.3 Å². The predicted molar refractivity (Wildman–Crippen MR) is 95.1 cm³/mol. The van der Waals surface area contributed by atoms with Crippen molar-refractivity contribution in [2.45, 2.75) is 24.8 Å². The highest BCUT2D eigenvalue weighted by atomic mass is 16.5. The number of piperidine rings is 3. The molecule has 24 heavy (non-hydrogen) atoms. The van der Waals surface area contributed by atoms with E-state index in [1.54, 1.807) is 7.11 Å². The molecule has 4 atom stereocenters. The molecule has 0 spiro atoms. The van der Waals surface area contributed by atoms with Crippen LogP contribution in [-0.2, 0) is 7.05 Å². The number of fused-ring (bicyclic) bond motifs is 3. The van der Waals surface area contributed by atoms with Crippen LogP contribution in [0.3, 0.4) is 0 Å². The number of aromatic nitrogens is 2. The van der Waals surface area contributed by atoms with Crippen molar-refractivity contribution in [3.63, 3.8) is 0 Å². The second-order valence-electron chi connectivity index (χ2n) is 7.08. The summed E-state index contributed by atoms with van der Waals surface area (Å²) >= 11 is 0. The molecule has 3 fully saturated rings. The maximum atomic E-state index is 5.94. The molecule has 0 saturated carbocycles. The zero-order valence-electron chi connectivity index (χ0n) is 14.5. The number of methoxy groups -OCH3 is 1. The van der Waals surface area contributed by atoms with Gasteiger partial charge in [0.1, 0.15) is 5.75 Å². The van der Waals surface area contributed by atoms with Crippen LogP contribution in [0.25, 0.3) is 11.3 Å². The molecule has 3 aliphatic heterocycles. The van der Waals surface area contributed by atoms with E-state index in [9.17, 15) is 0 Å². The Kier molecular flexibility index (Phi) is 4.06. The number of nitrogens with zero attached hydrogens (tertiary/aromatic N) is 3. The normalized spacial score (nSPS) is 29.0. The van der Waals surface area contributed by atoms with E-state index in [0.717, 1.165) is 36.0 Å². The molecule has 3 saturated heterocycles. The van der Waals surface area contributed by atoms with Crippen LogP contribution >= 0.6 is 0 Å². The molecule has 5 rings (SSSR count). The van der Waals surface area contributed by atoms with E-state index in [1.165, 1.54) is 25.1 Å². The number of ether oxygens (including phenoxy) is 1. The molecule has 2 aromatic rings. The minimum atomic E-state index is 0.575. The van der Waals surface area contributed by atoms with Crippen LogP contribution in [0.2, 0.25) is 0 Å². The zero-order valence-corrected chi connectivity index (χ0v) is 14.5.